The van der Waals surface area contributed by atoms with Crippen LogP contribution >= 0.6 is 0 Å². The Kier molecular flexibility index (Phi) is 30.6. The third kappa shape index (κ3) is 34.0. The standard InChI is InChI=1S/C14H22O6.C8H14O6.2K.H2O8S2/c15-13(17-11-7-3-1-4-8-11)19-20-14(16)18-12-9-5-2-6-10-12;1-5(2)11-7(9)13-14-8(10)12-6(3)4;;;1-9(2,3)7-8-10(4,5)6/h11-12H,1-10H2;5-6H,1-4H3;;;(H,1,2,3)(H,4,5,6)/q;;2*+1;/p-2. The van der Waals surface area contributed by atoms with Crippen molar-refractivity contribution < 1.29 is 195 Å². The van der Waals surface area contributed by atoms with E-state index in [0.717, 1.165) is 51.4 Å². The van der Waals surface area contributed by atoms with Crippen LogP contribution in [0.2, 0.25) is 0 Å². The van der Waals surface area contributed by atoms with Gasteiger partial charge in [-0.1, -0.05) is 12.8 Å². The third-order valence-electron chi connectivity index (χ3n) is 4.84. The Morgan fingerprint density at radius 1 is 0.522 bits per heavy atom. The number of hydrogen-bond donors (Lipinski definition) is 0. The van der Waals surface area contributed by atoms with E-state index in [0.29, 0.717) is 0 Å². The van der Waals surface area contributed by atoms with Crippen LogP contribution in [0, 0.1) is 0 Å². The largest absolute Gasteiger partial charge is 1.00 e. The van der Waals surface area contributed by atoms with E-state index in [1.54, 1.807) is 27.7 Å². The maximum Gasteiger partial charge on any atom is 1.00 e. The van der Waals surface area contributed by atoms with Gasteiger partial charge in [-0.2, -0.15) is 38.7 Å². The van der Waals surface area contributed by atoms with Crippen molar-refractivity contribution >= 4 is 45.4 Å². The number of carbonyl (C=O) groups excluding carboxylic acids is 4. The van der Waals surface area contributed by atoms with E-state index >= 15 is 0 Å². The van der Waals surface area contributed by atoms with Crippen LogP contribution in [0.1, 0.15) is 91.9 Å². The van der Waals surface area contributed by atoms with Gasteiger partial charge in [0, 0.05) is 0 Å². The van der Waals surface area contributed by atoms with Crippen molar-refractivity contribution in [2.75, 3.05) is 0 Å². The number of hydrogen-bond acceptors (Lipinski definition) is 20. The Bertz CT molecular complexity index is 1000. The molecule has 0 radical (unpaired) electrons. The first-order valence-electron chi connectivity index (χ1n) is 13.2. The molecule has 2 rings (SSSR count). The van der Waals surface area contributed by atoms with Crippen molar-refractivity contribution in [2.24, 2.45) is 0 Å². The van der Waals surface area contributed by atoms with Crippen molar-refractivity contribution in [3.05, 3.63) is 0 Å². The SMILES string of the molecule is CC(C)OC(=O)OOC(=O)OC(C)C.O=C(OOC(=O)OC1CCCCC1)OC1CCCCC1.O=S(=O)([O-])OOS(=O)(=O)[O-].[K+].[K+]. The first kappa shape index (κ1) is 50.5. The molecule has 2 aliphatic carbocycles. The molecule has 0 aromatic heterocycles. The summed E-state index contributed by atoms with van der Waals surface area (Å²) in [6, 6.07) is 0. The molecule has 0 N–H and O–H groups in total. The van der Waals surface area contributed by atoms with Gasteiger partial charge in [-0.3, -0.25) is 0 Å². The van der Waals surface area contributed by atoms with Crippen molar-refractivity contribution in [3.8, 4) is 0 Å². The summed E-state index contributed by atoms with van der Waals surface area (Å²) in [5, 5.41) is 0. The van der Waals surface area contributed by atoms with Crippen LogP contribution in [0.4, 0.5) is 19.2 Å². The van der Waals surface area contributed by atoms with Crippen LogP contribution in [0.5, 0.6) is 0 Å². The zero-order chi connectivity index (χ0) is 33.8. The van der Waals surface area contributed by atoms with Crippen LogP contribution in [-0.4, -0.2) is 75.0 Å². The average molecular weight is 763 g/mol. The fraction of sp³-hybridized carbons (Fsp3) is 0.818. The van der Waals surface area contributed by atoms with E-state index < -0.39 is 45.4 Å². The second kappa shape index (κ2) is 27.9. The quantitative estimate of drug-likeness (QED) is 0.0504. The van der Waals surface area contributed by atoms with E-state index in [1.165, 1.54) is 12.8 Å². The van der Waals surface area contributed by atoms with Gasteiger partial charge in [0.2, 0.25) is 20.8 Å². The average Bonchev–Trinajstić information content (AvgIpc) is 2.90. The van der Waals surface area contributed by atoms with Gasteiger partial charge >= 0.3 is 127 Å². The van der Waals surface area contributed by atoms with Gasteiger partial charge in [-0.05, 0) is 79.1 Å². The first-order chi connectivity index (χ1) is 20.4. The second-order valence-corrected chi connectivity index (χ2v) is 11.3. The number of ether oxygens (including phenoxy) is 4. The summed E-state index contributed by atoms with van der Waals surface area (Å²) in [6.45, 7) is 6.53. The molecule has 46 heavy (non-hydrogen) atoms. The van der Waals surface area contributed by atoms with Crippen molar-refractivity contribution in [1.29, 1.82) is 0 Å². The molecule has 20 nitrogen and oxygen atoms in total. The van der Waals surface area contributed by atoms with Crippen LogP contribution in [-0.2, 0) is 68.0 Å². The fourth-order valence-corrected chi connectivity index (χ4v) is 3.85. The molecule has 2 aliphatic rings. The molecule has 0 heterocycles. The third-order valence-corrected chi connectivity index (χ3v) is 5.40. The zero-order valence-corrected chi connectivity index (χ0v) is 34.2. The topological polar surface area (TPSA) is 275 Å². The summed E-state index contributed by atoms with van der Waals surface area (Å²) in [5.41, 5.74) is 0. The molecule has 0 bridgehead atoms. The molecule has 0 aliphatic heterocycles. The maximum absolute atomic E-state index is 11.3. The minimum Gasteiger partial charge on any atom is -0.724 e. The summed E-state index contributed by atoms with van der Waals surface area (Å²) in [6.07, 6.45) is 4.79. The summed E-state index contributed by atoms with van der Waals surface area (Å²) < 4.78 is 80.5. The number of rotatable bonds is 7. The van der Waals surface area contributed by atoms with Crippen LogP contribution < -0.4 is 103 Å². The van der Waals surface area contributed by atoms with Crippen LogP contribution in [0.15, 0.2) is 0 Å². The molecule has 0 spiro atoms. The van der Waals surface area contributed by atoms with Crippen LogP contribution in [0.3, 0.4) is 0 Å². The first-order valence-corrected chi connectivity index (χ1v) is 15.8. The summed E-state index contributed by atoms with van der Waals surface area (Å²) in [5.74, 6) is 0. The van der Waals surface area contributed by atoms with Gasteiger partial charge in [-0.25, -0.2) is 16.8 Å². The van der Waals surface area contributed by atoms with Crippen LogP contribution in [0.25, 0.3) is 0 Å². The molecule has 0 aromatic carbocycles. The van der Waals surface area contributed by atoms with Gasteiger partial charge in [-0.15, -0.1) is 8.67 Å². The Balaban J connectivity index is -0.000000629. The molecule has 0 aromatic rings. The van der Waals surface area contributed by atoms with E-state index in [4.69, 9.17) is 9.47 Å². The van der Waals surface area contributed by atoms with Crippen molar-refractivity contribution in [1.82, 2.24) is 0 Å². The molecule has 0 unspecified atom stereocenters. The van der Waals surface area contributed by atoms with E-state index in [2.05, 4.69) is 37.7 Å². The summed E-state index contributed by atoms with van der Waals surface area (Å²) in [4.78, 5) is 60.6. The smallest absolute Gasteiger partial charge is 0.724 e. The molecular weight excluding hydrogens is 727 g/mol. The molecule has 2 saturated carbocycles. The Labute approximate surface area is 351 Å². The number of carbonyl (C=O) groups is 4. The molecule has 258 valence electrons. The molecule has 0 saturated heterocycles. The predicted molar refractivity (Wildman–Crippen MR) is 136 cm³/mol. The van der Waals surface area contributed by atoms with Gasteiger partial charge < -0.3 is 28.1 Å². The summed E-state index contributed by atoms with van der Waals surface area (Å²) >= 11 is 0. The normalized spacial score (nSPS) is 15.0. The van der Waals surface area contributed by atoms with Crippen molar-refractivity contribution in [2.45, 2.75) is 116 Å². The predicted octanol–water partition coefficient (Wildman–Crippen LogP) is -2.24. The minimum absolute atomic E-state index is 0. The van der Waals surface area contributed by atoms with E-state index in [9.17, 15) is 45.1 Å². The van der Waals surface area contributed by atoms with E-state index in [-0.39, 0.29) is 127 Å². The molecule has 0 amide bonds. The molecule has 0 atom stereocenters. The second-order valence-electron chi connectivity index (χ2n) is 9.37. The van der Waals surface area contributed by atoms with Gasteiger partial charge in [0.05, 0.1) is 12.2 Å². The Morgan fingerprint density at radius 2 is 0.783 bits per heavy atom. The Hall–Kier alpha value is 0.0927. The summed E-state index contributed by atoms with van der Waals surface area (Å²) in [7, 11) is -10.6. The Morgan fingerprint density at radius 3 is 1.02 bits per heavy atom. The minimum atomic E-state index is -5.31. The van der Waals surface area contributed by atoms with Crippen molar-refractivity contribution in [3.63, 3.8) is 0 Å². The molecule has 2 fully saturated rings. The maximum atomic E-state index is 11.3. The monoisotopic (exact) mass is 762 g/mol. The van der Waals surface area contributed by atoms with Gasteiger partial charge in [0.15, 0.2) is 0 Å². The van der Waals surface area contributed by atoms with Gasteiger partial charge in [0.1, 0.15) is 12.2 Å². The molecule has 24 heteroatoms. The zero-order valence-electron chi connectivity index (χ0n) is 26.4. The van der Waals surface area contributed by atoms with Gasteiger partial charge in [0.25, 0.3) is 0 Å². The fourth-order valence-electron chi connectivity index (χ4n) is 3.31. The molecular formula is C22H36K2O20S2. The van der Waals surface area contributed by atoms with E-state index in [1.807, 2.05) is 0 Å².